The van der Waals surface area contributed by atoms with Crippen LogP contribution >= 0.6 is 0 Å². The first-order valence-corrected chi connectivity index (χ1v) is 7.12. The molecule has 1 aliphatic rings. The number of hydrogen-bond donors (Lipinski definition) is 2. The molecule has 106 valence electrons. The number of aromatic nitrogens is 2. The third-order valence-electron chi connectivity index (χ3n) is 3.80. The summed E-state index contributed by atoms with van der Waals surface area (Å²) in [7, 11) is 2.04. The molecule has 0 bridgehead atoms. The van der Waals surface area contributed by atoms with E-state index in [4.69, 9.17) is 4.74 Å². The molecule has 1 aromatic heterocycles. The van der Waals surface area contributed by atoms with Gasteiger partial charge >= 0.3 is 0 Å². The molecule has 1 saturated carbocycles. The highest BCUT2D eigenvalue weighted by Crippen LogP contribution is 2.25. The largest absolute Gasteiger partial charge is 0.478 e. The molecule has 0 aliphatic heterocycles. The molecule has 0 radical (unpaired) electrons. The van der Waals surface area contributed by atoms with Crippen LogP contribution in [0.25, 0.3) is 0 Å². The van der Waals surface area contributed by atoms with E-state index < -0.39 is 0 Å². The van der Waals surface area contributed by atoms with E-state index >= 15 is 0 Å². The van der Waals surface area contributed by atoms with Crippen molar-refractivity contribution in [3.05, 3.63) is 11.9 Å². The lowest BCUT2D eigenvalue weighted by Gasteiger charge is -2.29. The molecule has 2 rings (SSSR count). The standard InChI is InChI=1S/C14H24N4O/c1-4-19-14-10(2)13(16-9-17-14)18-12-7-5-11(15-3)6-8-12/h9,11-12,15H,4-8H2,1-3H3,(H,16,17,18). The maximum absolute atomic E-state index is 5.50. The first-order valence-electron chi connectivity index (χ1n) is 7.12. The maximum Gasteiger partial charge on any atom is 0.221 e. The number of hydrogen-bond acceptors (Lipinski definition) is 5. The van der Waals surface area contributed by atoms with Gasteiger partial charge in [-0.1, -0.05) is 0 Å². The number of nitrogens with one attached hydrogen (secondary N) is 2. The lowest BCUT2D eigenvalue weighted by Crippen LogP contribution is -2.35. The van der Waals surface area contributed by atoms with E-state index in [0.717, 1.165) is 11.4 Å². The van der Waals surface area contributed by atoms with Gasteiger partial charge in [-0.25, -0.2) is 9.97 Å². The van der Waals surface area contributed by atoms with E-state index in [1.54, 1.807) is 6.33 Å². The molecule has 0 unspecified atom stereocenters. The number of anilines is 1. The molecule has 19 heavy (non-hydrogen) atoms. The Bertz CT molecular complexity index is 402. The second kappa shape index (κ2) is 6.70. The van der Waals surface area contributed by atoms with Crippen molar-refractivity contribution in [2.24, 2.45) is 0 Å². The zero-order valence-electron chi connectivity index (χ0n) is 12.1. The summed E-state index contributed by atoms with van der Waals surface area (Å²) < 4.78 is 5.50. The minimum Gasteiger partial charge on any atom is -0.478 e. The van der Waals surface area contributed by atoms with E-state index in [0.29, 0.717) is 24.6 Å². The second-order valence-corrected chi connectivity index (χ2v) is 5.07. The van der Waals surface area contributed by atoms with E-state index in [-0.39, 0.29) is 0 Å². The highest BCUT2D eigenvalue weighted by molar-refractivity contribution is 5.48. The third kappa shape index (κ3) is 3.56. The normalized spacial score (nSPS) is 23.1. The van der Waals surface area contributed by atoms with E-state index in [1.807, 2.05) is 20.9 Å². The molecule has 0 aromatic carbocycles. The molecule has 0 amide bonds. The highest BCUT2D eigenvalue weighted by atomic mass is 16.5. The minimum absolute atomic E-state index is 0.507. The first kappa shape index (κ1) is 14.1. The van der Waals surface area contributed by atoms with Crippen molar-refractivity contribution in [1.82, 2.24) is 15.3 Å². The van der Waals surface area contributed by atoms with Crippen LogP contribution in [0.2, 0.25) is 0 Å². The molecule has 1 fully saturated rings. The SMILES string of the molecule is CCOc1ncnc(NC2CCC(NC)CC2)c1C. The van der Waals surface area contributed by atoms with Crippen LogP contribution in [-0.4, -0.2) is 35.7 Å². The Balaban J connectivity index is 1.98. The van der Waals surface area contributed by atoms with Crippen molar-refractivity contribution < 1.29 is 4.74 Å². The lowest BCUT2D eigenvalue weighted by atomic mass is 9.91. The third-order valence-corrected chi connectivity index (χ3v) is 3.80. The van der Waals surface area contributed by atoms with Gasteiger partial charge in [-0.2, -0.15) is 0 Å². The monoisotopic (exact) mass is 264 g/mol. The average molecular weight is 264 g/mol. The van der Waals surface area contributed by atoms with Gasteiger partial charge in [0.05, 0.1) is 12.2 Å². The van der Waals surface area contributed by atoms with Crippen molar-refractivity contribution in [2.45, 2.75) is 51.6 Å². The molecule has 5 nitrogen and oxygen atoms in total. The highest BCUT2D eigenvalue weighted by Gasteiger charge is 2.21. The quantitative estimate of drug-likeness (QED) is 0.853. The number of rotatable bonds is 5. The fourth-order valence-electron chi connectivity index (χ4n) is 2.58. The summed E-state index contributed by atoms with van der Waals surface area (Å²) in [6.45, 7) is 4.60. The van der Waals surface area contributed by atoms with Crippen LogP contribution in [0.15, 0.2) is 6.33 Å². The zero-order chi connectivity index (χ0) is 13.7. The first-order chi connectivity index (χ1) is 9.24. The smallest absolute Gasteiger partial charge is 0.221 e. The van der Waals surface area contributed by atoms with Gasteiger partial charge in [0, 0.05) is 12.1 Å². The molecule has 0 spiro atoms. The lowest BCUT2D eigenvalue weighted by molar-refractivity contribution is 0.323. The van der Waals surface area contributed by atoms with Gasteiger partial charge in [0.2, 0.25) is 5.88 Å². The molecular formula is C14H24N4O. The Hall–Kier alpha value is -1.36. The molecular weight excluding hydrogens is 240 g/mol. The van der Waals surface area contributed by atoms with Crippen LogP contribution in [0.5, 0.6) is 5.88 Å². The Morgan fingerprint density at radius 3 is 2.53 bits per heavy atom. The molecule has 1 aliphatic carbocycles. The predicted octanol–water partition coefficient (Wildman–Crippen LogP) is 2.13. The Morgan fingerprint density at radius 2 is 1.89 bits per heavy atom. The van der Waals surface area contributed by atoms with Gasteiger partial charge < -0.3 is 15.4 Å². The van der Waals surface area contributed by atoms with Gasteiger partial charge in [-0.15, -0.1) is 0 Å². The van der Waals surface area contributed by atoms with Gasteiger partial charge in [0.15, 0.2) is 0 Å². The summed E-state index contributed by atoms with van der Waals surface area (Å²) in [6, 6.07) is 1.18. The topological polar surface area (TPSA) is 59.1 Å². The molecule has 1 heterocycles. The Morgan fingerprint density at radius 1 is 1.21 bits per heavy atom. The molecule has 0 atom stereocenters. The van der Waals surface area contributed by atoms with Gasteiger partial charge in [-0.3, -0.25) is 0 Å². The molecule has 5 heteroatoms. The van der Waals surface area contributed by atoms with Gasteiger partial charge in [-0.05, 0) is 46.6 Å². The Kier molecular flexibility index (Phi) is 4.96. The summed E-state index contributed by atoms with van der Waals surface area (Å²) >= 11 is 0. The fraction of sp³-hybridized carbons (Fsp3) is 0.714. The van der Waals surface area contributed by atoms with Gasteiger partial charge in [0.25, 0.3) is 0 Å². The average Bonchev–Trinajstić information content (AvgIpc) is 2.44. The van der Waals surface area contributed by atoms with E-state index in [1.165, 1.54) is 25.7 Å². The minimum atomic E-state index is 0.507. The fourth-order valence-corrected chi connectivity index (χ4v) is 2.58. The molecule has 1 aromatic rings. The second-order valence-electron chi connectivity index (χ2n) is 5.07. The van der Waals surface area contributed by atoms with Crippen molar-refractivity contribution in [3.63, 3.8) is 0 Å². The van der Waals surface area contributed by atoms with Crippen molar-refractivity contribution in [2.75, 3.05) is 19.0 Å². The van der Waals surface area contributed by atoms with Crippen LogP contribution in [0, 0.1) is 6.92 Å². The number of ether oxygens (including phenoxy) is 1. The van der Waals surface area contributed by atoms with E-state index in [2.05, 4.69) is 20.6 Å². The maximum atomic E-state index is 5.50. The Labute approximate surface area is 115 Å². The van der Waals surface area contributed by atoms with Crippen LogP contribution in [-0.2, 0) is 0 Å². The molecule has 2 N–H and O–H groups in total. The molecule has 0 saturated heterocycles. The van der Waals surface area contributed by atoms with Gasteiger partial charge in [0.1, 0.15) is 12.1 Å². The zero-order valence-corrected chi connectivity index (χ0v) is 12.1. The van der Waals surface area contributed by atoms with Crippen molar-refractivity contribution in [3.8, 4) is 5.88 Å². The summed E-state index contributed by atoms with van der Waals surface area (Å²) in [4.78, 5) is 8.50. The summed E-state index contributed by atoms with van der Waals surface area (Å²) in [6.07, 6.45) is 6.37. The van der Waals surface area contributed by atoms with Crippen LogP contribution in [0.4, 0.5) is 5.82 Å². The summed E-state index contributed by atoms with van der Waals surface area (Å²) in [5.74, 6) is 1.59. The summed E-state index contributed by atoms with van der Waals surface area (Å²) in [5, 5.41) is 6.89. The summed E-state index contributed by atoms with van der Waals surface area (Å²) in [5.41, 5.74) is 1.00. The predicted molar refractivity (Wildman–Crippen MR) is 76.7 cm³/mol. The number of nitrogens with zero attached hydrogens (tertiary/aromatic N) is 2. The van der Waals surface area contributed by atoms with Crippen LogP contribution in [0.3, 0.4) is 0 Å². The van der Waals surface area contributed by atoms with Crippen LogP contribution in [0.1, 0.15) is 38.2 Å². The van der Waals surface area contributed by atoms with Crippen LogP contribution < -0.4 is 15.4 Å². The van der Waals surface area contributed by atoms with Crippen molar-refractivity contribution in [1.29, 1.82) is 0 Å². The van der Waals surface area contributed by atoms with Crippen molar-refractivity contribution >= 4 is 5.82 Å². The van der Waals surface area contributed by atoms with E-state index in [9.17, 15) is 0 Å².